The molecule has 0 aliphatic rings. The quantitative estimate of drug-likeness (QED) is 0.809. The molecular formula is C8H12N2O2S. The number of hydrogen-bond donors (Lipinski definition) is 1. The summed E-state index contributed by atoms with van der Waals surface area (Å²) in [5.74, 6) is -0.106. The van der Waals surface area contributed by atoms with Crippen molar-refractivity contribution in [2.75, 3.05) is 12.4 Å². The zero-order valence-electron chi connectivity index (χ0n) is 7.83. The van der Waals surface area contributed by atoms with E-state index in [2.05, 4.69) is 10.3 Å². The number of carbonyl (C=O) groups excluding carboxylic acids is 1. The van der Waals surface area contributed by atoms with Crippen LogP contribution < -0.4 is 5.32 Å². The van der Waals surface area contributed by atoms with Crippen molar-refractivity contribution < 1.29 is 9.53 Å². The van der Waals surface area contributed by atoms with E-state index in [1.807, 2.05) is 12.3 Å². The Morgan fingerprint density at radius 1 is 1.77 bits per heavy atom. The van der Waals surface area contributed by atoms with Gasteiger partial charge in [-0.3, -0.25) is 4.79 Å². The van der Waals surface area contributed by atoms with E-state index in [0.717, 1.165) is 5.69 Å². The predicted octanol–water partition coefficient (Wildman–Crippen LogP) is 1.81. The molecule has 5 heteroatoms. The minimum Gasteiger partial charge on any atom is -0.375 e. The zero-order chi connectivity index (χ0) is 9.84. The molecule has 0 saturated heterocycles. The molecule has 72 valence electrons. The molecule has 13 heavy (non-hydrogen) atoms. The van der Waals surface area contributed by atoms with Gasteiger partial charge in [0.1, 0.15) is 0 Å². The summed E-state index contributed by atoms with van der Waals surface area (Å²) in [6, 6.07) is 0. The van der Waals surface area contributed by atoms with E-state index in [4.69, 9.17) is 4.74 Å². The van der Waals surface area contributed by atoms with E-state index >= 15 is 0 Å². The molecule has 1 unspecified atom stereocenters. The zero-order valence-corrected chi connectivity index (χ0v) is 8.64. The van der Waals surface area contributed by atoms with Crippen molar-refractivity contribution in [3.8, 4) is 0 Å². The average molecular weight is 200 g/mol. The van der Waals surface area contributed by atoms with Crippen LogP contribution in [0.3, 0.4) is 0 Å². The summed E-state index contributed by atoms with van der Waals surface area (Å²) in [5, 5.41) is 5.11. The van der Waals surface area contributed by atoms with E-state index in [1.54, 1.807) is 7.11 Å². The van der Waals surface area contributed by atoms with Gasteiger partial charge in [-0.25, -0.2) is 4.98 Å². The van der Waals surface area contributed by atoms with Crippen LogP contribution in [0.1, 0.15) is 25.6 Å². The number of hydrogen-bond acceptors (Lipinski definition) is 4. The third-order valence-electron chi connectivity index (χ3n) is 1.57. The molecule has 0 aliphatic carbocycles. The highest BCUT2D eigenvalue weighted by atomic mass is 32.1. The number of amides is 1. The summed E-state index contributed by atoms with van der Waals surface area (Å²) in [4.78, 5) is 14.9. The van der Waals surface area contributed by atoms with Crippen molar-refractivity contribution in [1.82, 2.24) is 4.98 Å². The molecule has 1 aromatic heterocycles. The van der Waals surface area contributed by atoms with Gasteiger partial charge in [0.05, 0.1) is 11.8 Å². The molecule has 0 aromatic carbocycles. The van der Waals surface area contributed by atoms with Crippen LogP contribution in [0.25, 0.3) is 0 Å². The molecule has 0 spiro atoms. The maximum atomic E-state index is 10.7. The highest BCUT2D eigenvalue weighted by Gasteiger charge is 2.08. The van der Waals surface area contributed by atoms with Crippen LogP contribution in [0.5, 0.6) is 0 Å². The second kappa shape index (κ2) is 4.34. The minimum absolute atomic E-state index is 0.0289. The second-order valence-corrected chi connectivity index (χ2v) is 3.49. The van der Waals surface area contributed by atoms with Crippen LogP contribution in [0.2, 0.25) is 0 Å². The largest absolute Gasteiger partial charge is 0.375 e. The number of nitrogens with zero attached hydrogens (tertiary/aromatic N) is 1. The molecule has 4 nitrogen and oxygen atoms in total. The Morgan fingerprint density at radius 3 is 3.00 bits per heavy atom. The molecule has 0 bridgehead atoms. The average Bonchev–Trinajstić information content (AvgIpc) is 2.50. The molecular weight excluding hydrogens is 188 g/mol. The lowest BCUT2D eigenvalue weighted by Gasteiger charge is -2.03. The Balaban J connectivity index is 2.68. The van der Waals surface area contributed by atoms with E-state index in [-0.39, 0.29) is 12.0 Å². The van der Waals surface area contributed by atoms with Crippen molar-refractivity contribution in [3.05, 3.63) is 11.1 Å². The van der Waals surface area contributed by atoms with Gasteiger partial charge < -0.3 is 10.1 Å². The van der Waals surface area contributed by atoms with Crippen molar-refractivity contribution in [2.24, 2.45) is 0 Å². The maximum Gasteiger partial charge on any atom is 0.223 e. The summed E-state index contributed by atoms with van der Waals surface area (Å²) < 4.78 is 5.09. The van der Waals surface area contributed by atoms with E-state index in [1.165, 1.54) is 18.3 Å². The number of ether oxygens (including phenoxy) is 1. The molecule has 1 atom stereocenters. The van der Waals surface area contributed by atoms with Crippen molar-refractivity contribution in [2.45, 2.75) is 20.0 Å². The van der Waals surface area contributed by atoms with E-state index < -0.39 is 0 Å². The van der Waals surface area contributed by atoms with Gasteiger partial charge in [-0.05, 0) is 6.92 Å². The molecule has 0 saturated carbocycles. The van der Waals surface area contributed by atoms with Crippen molar-refractivity contribution >= 4 is 22.4 Å². The van der Waals surface area contributed by atoms with Crippen LogP contribution in [-0.2, 0) is 9.53 Å². The van der Waals surface area contributed by atoms with Gasteiger partial charge in [-0.2, -0.15) is 0 Å². The number of anilines is 1. The highest BCUT2D eigenvalue weighted by molar-refractivity contribution is 7.13. The number of methoxy groups -OCH3 is 1. The lowest BCUT2D eigenvalue weighted by atomic mass is 10.3. The normalized spacial score (nSPS) is 12.5. The van der Waals surface area contributed by atoms with Gasteiger partial charge in [-0.1, -0.05) is 0 Å². The maximum absolute atomic E-state index is 10.7. The molecule has 1 aromatic rings. The van der Waals surface area contributed by atoms with E-state index in [9.17, 15) is 4.79 Å². The van der Waals surface area contributed by atoms with Crippen LogP contribution in [0.15, 0.2) is 5.38 Å². The fourth-order valence-corrected chi connectivity index (χ4v) is 1.64. The number of aromatic nitrogens is 1. The lowest BCUT2D eigenvalue weighted by Crippen LogP contribution is -2.05. The van der Waals surface area contributed by atoms with Crippen LogP contribution in [-0.4, -0.2) is 18.0 Å². The first kappa shape index (κ1) is 10.1. The Bertz CT molecular complexity index is 298. The molecule has 0 aliphatic heterocycles. The minimum atomic E-state index is -0.106. The molecule has 1 rings (SSSR count). The fourth-order valence-electron chi connectivity index (χ4n) is 0.802. The number of thiazole rings is 1. The second-order valence-electron chi connectivity index (χ2n) is 2.64. The van der Waals surface area contributed by atoms with Crippen LogP contribution in [0.4, 0.5) is 5.13 Å². The number of rotatable bonds is 3. The van der Waals surface area contributed by atoms with Crippen LogP contribution in [0, 0.1) is 0 Å². The van der Waals surface area contributed by atoms with Gasteiger partial charge >= 0.3 is 0 Å². The van der Waals surface area contributed by atoms with Gasteiger partial charge in [0.15, 0.2) is 5.13 Å². The van der Waals surface area contributed by atoms with Gasteiger partial charge in [-0.15, -0.1) is 11.3 Å². The fraction of sp³-hybridized carbons (Fsp3) is 0.500. The summed E-state index contributed by atoms with van der Waals surface area (Å²) in [6.07, 6.45) is -0.0289. The lowest BCUT2D eigenvalue weighted by molar-refractivity contribution is -0.114. The van der Waals surface area contributed by atoms with E-state index in [0.29, 0.717) is 5.13 Å². The summed E-state index contributed by atoms with van der Waals surface area (Å²) >= 11 is 1.40. The summed E-state index contributed by atoms with van der Waals surface area (Å²) in [5.41, 5.74) is 0.844. The molecule has 0 radical (unpaired) electrons. The van der Waals surface area contributed by atoms with Crippen molar-refractivity contribution in [3.63, 3.8) is 0 Å². The van der Waals surface area contributed by atoms with Gasteiger partial charge in [0.25, 0.3) is 0 Å². The smallest absolute Gasteiger partial charge is 0.223 e. The number of carbonyl (C=O) groups is 1. The third-order valence-corrected chi connectivity index (χ3v) is 2.35. The SMILES string of the molecule is COC(C)c1csc(NC(C)=O)n1. The predicted molar refractivity (Wildman–Crippen MR) is 51.8 cm³/mol. The first-order chi connectivity index (χ1) is 6.13. The first-order valence-corrected chi connectivity index (χ1v) is 4.77. The van der Waals surface area contributed by atoms with Crippen molar-refractivity contribution in [1.29, 1.82) is 0 Å². The topological polar surface area (TPSA) is 51.2 Å². The monoisotopic (exact) mass is 200 g/mol. The Labute approximate surface area is 80.9 Å². The standard InChI is InChI=1S/C8H12N2O2S/c1-5(12-3)7-4-13-8(10-7)9-6(2)11/h4-5H,1-3H3,(H,9,10,11). The number of nitrogens with one attached hydrogen (secondary N) is 1. The van der Waals surface area contributed by atoms with Gasteiger partial charge in [0.2, 0.25) is 5.91 Å². The summed E-state index contributed by atoms with van der Waals surface area (Å²) in [7, 11) is 1.63. The highest BCUT2D eigenvalue weighted by Crippen LogP contribution is 2.21. The molecule has 0 fully saturated rings. The Kier molecular flexibility index (Phi) is 3.39. The Morgan fingerprint density at radius 2 is 2.46 bits per heavy atom. The first-order valence-electron chi connectivity index (χ1n) is 3.89. The van der Waals surface area contributed by atoms with Gasteiger partial charge in [0, 0.05) is 19.4 Å². The Hall–Kier alpha value is -0.940. The summed E-state index contributed by atoms with van der Waals surface area (Å²) in [6.45, 7) is 3.37. The molecule has 1 N–H and O–H groups in total. The third kappa shape index (κ3) is 2.78. The molecule has 1 heterocycles. The molecule has 1 amide bonds. The van der Waals surface area contributed by atoms with Crippen LogP contribution >= 0.6 is 11.3 Å².